The van der Waals surface area contributed by atoms with Crippen molar-refractivity contribution in [2.24, 2.45) is 0 Å². The van der Waals surface area contributed by atoms with Crippen LogP contribution in [0.1, 0.15) is 58.3 Å². The summed E-state index contributed by atoms with van der Waals surface area (Å²) in [6.45, 7) is 3.96. The molecule has 1 fully saturated rings. The Labute approximate surface area is 139 Å². The van der Waals surface area contributed by atoms with Crippen LogP contribution in [0.4, 0.5) is 0 Å². The molecule has 1 atom stereocenters. The molecule has 128 valence electrons. The predicted octanol–water partition coefficient (Wildman–Crippen LogP) is 4.08. The van der Waals surface area contributed by atoms with E-state index < -0.39 is 0 Å². The van der Waals surface area contributed by atoms with Crippen LogP contribution >= 0.6 is 0 Å². The highest BCUT2D eigenvalue weighted by atomic mass is 16.5. The van der Waals surface area contributed by atoms with Gasteiger partial charge in [0.25, 0.3) is 0 Å². The highest BCUT2D eigenvalue weighted by Gasteiger charge is 2.12. The van der Waals surface area contributed by atoms with Crippen molar-refractivity contribution in [2.75, 3.05) is 13.2 Å². The molecule has 1 N–H and O–H groups in total. The molecule has 4 heteroatoms. The number of ether oxygens (including phenoxy) is 2. The Morgan fingerprint density at radius 2 is 1.96 bits per heavy atom. The van der Waals surface area contributed by atoms with Crippen LogP contribution in [0, 0.1) is 0 Å². The molecule has 1 saturated heterocycles. The molecule has 0 spiro atoms. The molecular weight excluding hydrogens is 290 g/mol. The van der Waals surface area contributed by atoms with Crippen molar-refractivity contribution in [1.82, 2.24) is 5.32 Å². The van der Waals surface area contributed by atoms with Gasteiger partial charge in [0.05, 0.1) is 6.61 Å². The average molecular weight is 319 g/mol. The van der Waals surface area contributed by atoms with Crippen LogP contribution in [0.15, 0.2) is 24.3 Å². The minimum Gasteiger partial charge on any atom is -0.494 e. The van der Waals surface area contributed by atoms with E-state index in [-0.39, 0.29) is 5.97 Å². The molecule has 0 radical (unpaired) electrons. The third kappa shape index (κ3) is 7.04. The lowest BCUT2D eigenvalue weighted by atomic mass is 10.0. The maximum absolute atomic E-state index is 11.7. The number of piperidine rings is 1. The van der Waals surface area contributed by atoms with Gasteiger partial charge in [-0.1, -0.05) is 26.2 Å². The van der Waals surface area contributed by atoms with Gasteiger partial charge in [0.1, 0.15) is 11.5 Å². The van der Waals surface area contributed by atoms with E-state index in [2.05, 4.69) is 12.2 Å². The summed E-state index contributed by atoms with van der Waals surface area (Å²) >= 11 is 0. The summed E-state index contributed by atoms with van der Waals surface area (Å²) in [4.78, 5) is 11.7. The van der Waals surface area contributed by atoms with Crippen molar-refractivity contribution in [1.29, 1.82) is 0 Å². The lowest BCUT2D eigenvalue weighted by Gasteiger charge is -2.23. The Balaban J connectivity index is 1.66. The fourth-order valence-electron chi connectivity index (χ4n) is 2.80. The van der Waals surface area contributed by atoms with Crippen molar-refractivity contribution in [2.45, 2.75) is 64.3 Å². The number of carbonyl (C=O) groups is 1. The van der Waals surface area contributed by atoms with Crippen molar-refractivity contribution in [3.05, 3.63) is 24.3 Å². The molecule has 0 aromatic heterocycles. The van der Waals surface area contributed by atoms with Crippen molar-refractivity contribution < 1.29 is 14.3 Å². The molecule has 1 aliphatic rings. The van der Waals surface area contributed by atoms with E-state index in [1.54, 1.807) is 12.1 Å². The van der Waals surface area contributed by atoms with Crippen LogP contribution in [-0.4, -0.2) is 25.2 Å². The van der Waals surface area contributed by atoms with Gasteiger partial charge in [-0.15, -0.1) is 0 Å². The van der Waals surface area contributed by atoms with Crippen molar-refractivity contribution >= 4 is 5.97 Å². The number of esters is 1. The highest BCUT2D eigenvalue weighted by Crippen LogP contribution is 2.19. The van der Waals surface area contributed by atoms with E-state index in [1.807, 2.05) is 12.1 Å². The number of hydrogen-bond acceptors (Lipinski definition) is 4. The summed E-state index contributed by atoms with van der Waals surface area (Å²) in [6, 6.07) is 7.91. The first kappa shape index (κ1) is 17.8. The molecule has 0 amide bonds. The quantitative estimate of drug-likeness (QED) is 0.423. The fourth-order valence-corrected chi connectivity index (χ4v) is 2.80. The Kier molecular flexibility index (Phi) is 7.95. The number of carbonyl (C=O) groups excluding carboxylic acids is 1. The van der Waals surface area contributed by atoms with Crippen LogP contribution in [0.2, 0.25) is 0 Å². The Morgan fingerprint density at radius 1 is 1.17 bits per heavy atom. The molecular formula is C19H29NO3. The maximum atomic E-state index is 11.7. The summed E-state index contributed by atoms with van der Waals surface area (Å²) < 4.78 is 11.1. The first-order valence-electron chi connectivity index (χ1n) is 8.95. The zero-order valence-corrected chi connectivity index (χ0v) is 14.2. The lowest BCUT2D eigenvalue weighted by molar-refractivity contribution is -0.134. The number of rotatable bonds is 9. The molecule has 1 heterocycles. The second-order valence-electron chi connectivity index (χ2n) is 6.19. The summed E-state index contributed by atoms with van der Waals surface area (Å²) in [5, 5.41) is 3.52. The van der Waals surface area contributed by atoms with Gasteiger partial charge in [0.2, 0.25) is 0 Å². The number of hydrogen-bond donors (Lipinski definition) is 1. The zero-order valence-electron chi connectivity index (χ0n) is 14.2. The van der Waals surface area contributed by atoms with Gasteiger partial charge in [0, 0.05) is 12.5 Å². The fraction of sp³-hybridized carbons (Fsp3) is 0.632. The molecule has 0 bridgehead atoms. The van der Waals surface area contributed by atoms with Gasteiger partial charge in [-0.2, -0.15) is 0 Å². The van der Waals surface area contributed by atoms with E-state index in [9.17, 15) is 4.79 Å². The van der Waals surface area contributed by atoms with E-state index in [4.69, 9.17) is 9.47 Å². The topological polar surface area (TPSA) is 47.6 Å². The van der Waals surface area contributed by atoms with Gasteiger partial charge >= 0.3 is 5.97 Å². The van der Waals surface area contributed by atoms with Crippen LogP contribution in [0.25, 0.3) is 0 Å². The summed E-state index contributed by atoms with van der Waals surface area (Å²) in [7, 11) is 0. The Hall–Kier alpha value is -1.55. The smallest absolute Gasteiger partial charge is 0.311 e. The second kappa shape index (κ2) is 10.3. The van der Waals surface area contributed by atoms with Gasteiger partial charge in [-0.3, -0.25) is 4.79 Å². The van der Waals surface area contributed by atoms with Crippen molar-refractivity contribution in [3.63, 3.8) is 0 Å². The Bertz CT molecular complexity index is 452. The average Bonchev–Trinajstić information content (AvgIpc) is 2.58. The van der Waals surface area contributed by atoms with Gasteiger partial charge in [0.15, 0.2) is 0 Å². The van der Waals surface area contributed by atoms with Gasteiger partial charge < -0.3 is 14.8 Å². The molecule has 1 aromatic carbocycles. The molecule has 0 saturated carbocycles. The molecule has 0 aliphatic carbocycles. The number of unbranched alkanes of at least 4 members (excludes halogenated alkanes) is 2. The minimum atomic E-state index is -0.157. The SMILES string of the molecule is CCCCCC(=O)Oc1ccc(OCCC2CCCCN2)cc1. The number of nitrogens with one attached hydrogen (secondary N) is 1. The third-order valence-corrected chi connectivity index (χ3v) is 4.19. The van der Waals surface area contributed by atoms with Crippen LogP contribution in [0.3, 0.4) is 0 Å². The summed E-state index contributed by atoms with van der Waals surface area (Å²) in [5.74, 6) is 1.26. The van der Waals surface area contributed by atoms with E-state index in [0.29, 0.717) is 24.8 Å². The van der Waals surface area contributed by atoms with E-state index in [0.717, 1.165) is 38.0 Å². The molecule has 1 unspecified atom stereocenters. The van der Waals surface area contributed by atoms with Crippen LogP contribution in [-0.2, 0) is 4.79 Å². The first-order valence-corrected chi connectivity index (χ1v) is 8.95. The van der Waals surface area contributed by atoms with Crippen molar-refractivity contribution in [3.8, 4) is 11.5 Å². The first-order chi connectivity index (χ1) is 11.3. The normalized spacial score (nSPS) is 17.7. The minimum absolute atomic E-state index is 0.157. The third-order valence-electron chi connectivity index (χ3n) is 4.19. The molecule has 23 heavy (non-hydrogen) atoms. The molecule has 2 rings (SSSR count). The van der Waals surface area contributed by atoms with Gasteiger partial charge in [-0.05, 0) is 56.5 Å². The zero-order chi connectivity index (χ0) is 16.3. The standard InChI is InChI=1S/C19H29NO3/c1-2-3-4-8-19(21)23-18-11-9-17(10-12-18)22-15-13-16-7-5-6-14-20-16/h9-12,16,20H,2-8,13-15H2,1H3. The largest absolute Gasteiger partial charge is 0.494 e. The lowest BCUT2D eigenvalue weighted by Crippen LogP contribution is -2.35. The summed E-state index contributed by atoms with van der Waals surface area (Å²) in [5.41, 5.74) is 0. The number of benzene rings is 1. The Morgan fingerprint density at radius 3 is 2.65 bits per heavy atom. The van der Waals surface area contributed by atoms with Crippen LogP contribution in [0.5, 0.6) is 11.5 Å². The molecule has 1 aliphatic heterocycles. The molecule has 4 nitrogen and oxygen atoms in total. The van der Waals surface area contributed by atoms with Gasteiger partial charge in [-0.25, -0.2) is 0 Å². The van der Waals surface area contributed by atoms with E-state index in [1.165, 1.54) is 19.3 Å². The molecule has 1 aromatic rings. The maximum Gasteiger partial charge on any atom is 0.311 e. The monoisotopic (exact) mass is 319 g/mol. The highest BCUT2D eigenvalue weighted by molar-refractivity contribution is 5.72. The van der Waals surface area contributed by atoms with E-state index >= 15 is 0 Å². The van der Waals surface area contributed by atoms with Crippen LogP contribution < -0.4 is 14.8 Å². The second-order valence-corrected chi connectivity index (χ2v) is 6.19. The predicted molar refractivity (Wildman–Crippen MR) is 92.0 cm³/mol. The summed E-state index contributed by atoms with van der Waals surface area (Å²) in [6.07, 6.45) is 8.44.